The smallest absolute Gasteiger partial charge is 0.416 e. The maximum absolute atomic E-state index is 15.0. The van der Waals surface area contributed by atoms with Crippen LogP contribution >= 0.6 is 0 Å². The summed E-state index contributed by atoms with van der Waals surface area (Å²) >= 11 is 0. The SMILES string of the molecule is CNc1cc(N2CC3(C2)C(=O)N(c2ccc(C#N)cc2F)CC(=O)N3Cc2ccc(C(F)(F)F)cc2)ccc1C(=O)OC. The zero-order valence-corrected chi connectivity index (χ0v) is 23.0. The summed E-state index contributed by atoms with van der Waals surface area (Å²) in [6.07, 6.45) is -4.54. The number of ether oxygens (including phenoxy) is 1. The molecular weight excluding hydrogens is 570 g/mol. The number of esters is 1. The van der Waals surface area contributed by atoms with Crippen LogP contribution in [0.25, 0.3) is 0 Å². The Kier molecular flexibility index (Phi) is 7.47. The van der Waals surface area contributed by atoms with Gasteiger partial charge >= 0.3 is 12.1 Å². The maximum atomic E-state index is 15.0. The number of carbonyl (C=O) groups excluding carboxylic acids is 3. The average molecular weight is 596 g/mol. The molecule has 2 saturated heterocycles. The summed E-state index contributed by atoms with van der Waals surface area (Å²) in [5, 5.41) is 12.0. The van der Waals surface area contributed by atoms with Gasteiger partial charge in [-0.05, 0) is 54.1 Å². The van der Waals surface area contributed by atoms with E-state index in [-0.39, 0.29) is 30.9 Å². The Labute approximate surface area is 243 Å². The molecule has 5 rings (SSSR count). The van der Waals surface area contributed by atoms with Crippen LogP contribution in [0, 0.1) is 17.1 Å². The molecule has 0 saturated carbocycles. The van der Waals surface area contributed by atoms with Gasteiger partial charge in [0, 0.05) is 19.3 Å². The van der Waals surface area contributed by atoms with Crippen LogP contribution in [0.15, 0.2) is 60.7 Å². The van der Waals surface area contributed by atoms with Crippen molar-refractivity contribution in [1.29, 1.82) is 5.26 Å². The quantitative estimate of drug-likeness (QED) is 0.337. The lowest BCUT2D eigenvalue weighted by molar-refractivity contribution is -0.153. The number of anilines is 3. The summed E-state index contributed by atoms with van der Waals surface area (Å²) in [5.41, 5.74) is -0.674. The summed E-state index contributed by atoms with van der Waals surface area (Å²) in [6.45, 7) is -0.661. The van der Waals surface area contributed by atoms with Gasteiger partial charge in [-0.25, -0.2) is 9.18 Å². The van der Waals surface area contributed by atoms with Crippen molar-refractivity contribution in [3.8, 4) is 6.07 Å². The molecule has 2 aliphatic rings. The molecule has 2 heterocycles. The molecule has 43 heavy (non-hydrogen) atoms. The second-order valence-electron chi connectivity index (χ2n) is 10.2. The molecule has 9 nitrogen and oxygen atoms in total. The van der Waals surface area contributed by atoms with E-state index < -0.39 is 47.4 Å². The van der Waals surface area contributed by atoms with E-state index in [1.54, 1.807) is 30.1 Å². The third-order valence-corrected chi connectivity index (χ3v) is 7.69. The molecule has 3 aromatic carbocycles. The molecule has 2 amide bonds. The lowest BCUT2D eigenvalue weighted by Gasteiger charge is -2.58. The Morgan fingerprint density at radius 3 is 2.35 bits per heavy atom. The number of hydrogen-bond acceptors (Lipinski definition) is 7. The highest BCUT2D eigenvalue weighted by Crippen LogP contribution is 2.40. The standard InChI is InChI=1S/C30H25F4N5O4/c1-36-24-12-21(8-9-22(24)27(41)43-2)37-16-29(17-37)28(42)38(25-10-5-19(13-35)11-23(25)31)15-26(40)39(29)14-18-3-6-20(7-4-18)30(32,33)34/h3-12,36H,14-17H2,1-2H3. The Morgan fingerprint density at radius 1 is 1.07 bits per heavy atom. The molecule has 1 spiro atoms. The fourth-order valence-electron chi connectivity index (χ4n) is 5.41. The number of nitrogens with zero attached hydrogens (tertiary/aromatic N) is 4. The van der Waals surface area contributed by atoms with Gasteiger partial charge < -0.3 is 19.9 Å². The molecular formula is C30H25F4N5O4. The summed E-state index contributed by atoms with van der Waals surface area (Å²) < 4.78 is 59.2. The van der Waals surface area contributed by atoms with Crippen molar-refractivity contribution in [2.24, 2.45) is 0 Å². The molecule has 0 aliphatic carbocycles. The van der Waals surface area contributed by atoms with Crippen LogP contribution in [0.4, 0.5) is 34.6 Å². The lowest BCUT2D eigenvalue weighted by atomic mass is 9.82. The van der Waals surface area contributed by atoms with Crippen LogP contribution in [0.3, 0.4) is 0 Å². The summed E-state index contributed by atoms with van der Waals surface area (Å²) in [5.74, 6) is -2.50. The zero-order chi connectivity index (χ0) is 31.1. The molecule has 0 bridgehead atoms. The Morgan fingerprint density at radius 2 is 1.77 bits per heavy atom. The molecule has 13 heteroatoms. The number of nitrogens with one attached hydrogen (secondary N) is 1. The predicted molar refractivity (Wildman–Crippen MR) is 148 cm³/mol. The van der Waals surface area contributed by atoms with Gasteiger partial charge in [-0.2, -0.15) is 18.4 Å². The van der Waals surface area contributed by atoms with E-state index in [0.717, 1.165) is 23.1 Å². The Hall–Kier alpha value is -5.12. The van der Waals surface area contributed by atoms with Gasteiger partial charge in [-0.1, -0.05) is 12.1 Å². The van der Waals surface area contributed by atoms with Crippen molar-refractivity contribution in [1.82, 2.24) is 4.90 Å². The topological polar surface area (TPSA) is 106 Å². The first kappa shape index (κ1) is 29.4. The minimum Gasteiger partial charge on any atom is -0.465 e. The van der Waals surface area contributed by atoms with Crippen LogP contribution in [-0.2, 0) is 27.0 Å². The van der Waals surface area contributed by atoms with E-state index in [4.69, 9.17) is 10.00 Å². The first-order valence-corrected chi connectivity index (χ1v) is 13.0. The fourth-order valence-corrected chi connectivity index (χ4v) is 5.41. The number of methoxy groups -OCH3 is 1. The van der Waals surface area contributed by atoms with Crippen LogP contribution in [-0.4, -0.2) is 62.0 Å². The molecule has 1 N–H and O–H groups in total. The van der Waals surface area contributed by atoms with Gasteiger partial charge in [0.25, 0.3) is 5.91 Å². The monoisotopic (exact) mass is 595 g/mol. The summed E-state index contributed by atoms with van der Waals surface area (Å²) in [4.78, 5) is 44.0. The van der Waals surface area contributed by atoms with Gasteiger partial charge in [-0.15, -0.1) is 0 Å². The highest BCUT2D eigenvalue weighted by Gasteiger charge is 2.60. The molecule has 2 aliphatic heterocycles. The number of amides is 2. The number of piperazine rings is 1. The normalized spacial score (nSPS) is 16.2. The zero-order valence-electron chi connectivity index (χ0n) is 23.0. The molecule has 3 aromatic rings. The van der Waals surface area contributed by atoms with Gasteiger partial charge in [0.2, 0.25) is 5.91 Å². The van der Waals surface area contributed by atoms with Crippen molar-refractivity contribution < 1.29 is 36.7 Å². The second kappa shape index (κ2) is 10.9. The highest BCUT2D eigenvalue weighted by atomic mass is 19.4. The van der Waals surface area contributed by atoms with Gasteiger partial charge in [0.05, 0.1) is 54.3 Å². The highest BCUT2D eigenvalue weighted by molar-refractivity contribution is 6.11. The molecule has 0 aromatic heterocycles. The van der Waals surface area contributed by atoms with Gasteiger partial charge in [0.1, 0.15) is 12.4 Å². The van der Waals surface area contributed by atoms with Crippen molar-refractivity contribution in [3.05, 3.63) is 88.7 Å². The second-order valence-corrected chi connectivity index (χ2v) is 10.2. The van der Waals surface area contributed by atoms with Crippen LogP contribution < -0.4 is 15.1 Å². The van der Waals surface area contributed by atoms with Crippen LogP contribution in [0.1, 0.15) is 27.0 Å². The van der Waals surface area contributed by atoms with Gasteiger partial charge in [0.15, 0.2) is 5.54 Å². The van der Waals surface area contributed by atoms with E-state index in [9.17, 15) is 27.6 Å². The molecule has 0 atom stereocenters. The molecule has 0 radical (unpaired) electrons. The number of nitriles is 1. The fraction of sp³-hybridized carbons (Fsp3) is 0.267. The number of rotatable bonds is 6. The van der Waals surface area contributed by atoms with Crippen molar-refractivity contribution in [2.45, 2.75) is 18.3 Å². The van der Waals surface area contributed by atoms with E-state index >= 15 is 4.39 Å². The number of benzene rings is 3. The summed E-state index contributed by atoms with van der Waals surface area (Å²) in [7, 11) is 2.89. The van der Waals surface area contributed by atoms with Gasteiger partial charge in [-0.3, -0.25) is 14.5 Å². The van der Waals surface area contributed by atoms with Crippen LogP contribution in [0.2, 0.25) is 0 Å². The molecule has 0 unspecified atom stereocenters. The van der Waals surface area contributed by atoms with E-state index in [0.29, 0.717) is 22.5 Å². The third-order valence-electron chi connectivity index (χ3n) is 7.69. The average Bonchev–Trinajstić information content (AvgIpc) is 2.97. The van der Waals surface area contributed by atoms with Crippen LogP contribution in [0.5, 0.6) is 0 Å². The lowest BCUT2D eigenvalue weighted by Crippen LogP contribution is -2.81. The minimum atomic E-state index is -4.54. The van der Waals surface area contributed by atoms with Crippen molar-refractivity contribution in [2.75, 3.05) is 48.9 Å². The van der Waals surface area contributed by atoms with E-state index in [2.05, 4.69) is 5.32 Å². The van der Waals surface area contributed by atoms with Crippen molar-refractivity contribution >= 4 is 34.8 Å². The Bertz CT molecular complexity index is 1650. The largest absolute Gasteiger partial charge is 0.465 e. The summed E-state index contributed by atoms with van der Waals surface area (Å²) in [6, 6.07) is 14.6. The number of carbonyl (C=O) groups is 3. The predicted octanol–water partition coefficient (Wildman–Crippen LogP) is 4.18. The Balaban J connectivity index is 1.50. The minimum absolute atomic E-state index is 0.00662. The number of alkyl halides is 3. The van der Waals surface area contributed by atoms with Crippen molar-refractivity contribution in [3.63, 3.8) is 0 Å². The van der Waals surface area contributed by atoms with E-state index in [1.165, 1.54) is 36.3 Å². The third kappa shape index (κ3) is 5.20. The first-order chi connectivity index (χ1) is 20.4. The van der Waals surface area contributed by atoms with E-state index in [1.807, 2.05) is 6.07 Å². The number of hydrogen-bond donors (Lipinski definition) is 1. The first-order valence-electron chi connectivity index (χ1n) is 13.0. The maximum Gasteiger partial charge on any atom is 0.416 e. The number of halogens is 4. The molecule has 222 valence electrons. The molecule has 2 fully saturated rings.